The van der Waals surface area contributed by atoms with Gasteiger partial charge in [0.1, 0.15) is 59.9 Å². The summed E-state index contributed by atoms with van der Waals surface area (Å²) in [6.45, 7) is 18.3. The first kappa shape index (κ1) is 68.9. The SMILES string of the molecule is CC(=O)N[C@@H](CC(=O)O)C(=O)N[C@@H](C)C(=O)NC(C)(C)C(=O)N[C@H](C)C(=O)N[C@@H](C)C(=O)N1CCC[C@H]1CC[C@@H](C)C(=O)NCC(=O)N1CCC[C@@H]1C(=O)N[C@@H](C)C(=O)N[C@H](C(=O)N1CCC[C@H]1C(=O)N(C)[C@H](C(=O)O)C(C)C)C(C)C. The van der Waals surface area contributed by atoms with Crippen LogP contribution in [-0.2, 0) is 67.1 Å². The van der Waals surface area contributed by atoms with Gasteiger partial charge in [0, 0.05) is 45.6 Å². The van der Waals surface area contributed by atoms with Crippen molar-refractivity contribution in [3.8, 4) is 0 Å². The van der Waals surface area contributed by atoms with Crippen LogP contribution in [0.4, 0.5) is 0 Å². The Hall–Kier alpha value is -7.42. The predicted molar refractivity (Wildman–Crippen MR) is 294 cm³/mol. The molecule has 3 heterocycles. The van der Waals surface area contributed by atoms with Crippen LogP contribution in [0, 0.1) is 17.8 Å². The smallest absolute Gasteiger partial charge is 0.326 e. The van der Waals surface area contributed by atoms with Gasteiger partial charge in [-0.05, 0) is 105 Å². The first-order valence-electron chi connectivity index (χ1n) is 28.1. The molecule has 3 aliphatic rings. The molecule has 3 rings (SSSR count). The number of likely N-dealkylation sites (tertiary alicyclic amines) is 3. The van der Waals surface area contributed by atoms with E-state index >= 15 is 0 Å². The Balaban J connectivity index is 1.48. The van der Waals surface area contributed by atoms with Gasteiger partial charge >= 0.3 is 11.9 Å². The van der Waals surface area contributed by atoms with E-state index in [4.69, 9.17) is 5.11 Å². The van der Waals surface area contributed by atoms with Gasteiger partial charge in [0.05, 0.1) is 13.0 Å². The van der Waals surface area contributed by atoms with Crippen molar-refractivity contribution in [2.45, 2.75) is 207 Å². The number of rotatable bonds is 28. The normalized spacial score (nSPS) is 19.9. The maximum absolute atomic E-state index is 13.9. The van der Waals surface area contributed by atoms with Gasteiger partial charge in [0.15, 0.2) is 0 Å². The number of hydrogen-bond donors (Lipinski definition) is 10. The average molecular weight is 1160 g/mol. The third-order valence-corrected chi connectivity index (χ3v) is 15.1. The number of carbonyl (C=O) groups is 14. The molecule has 3 saturated heterocycles. The third kappa shape index (κ3) is 19.1. The topological polar surface area (TPSA) is 389 Å². The standard InChI is InChI=1S/C54H88N12O16/c1-27(2)41(51(79)66-24-16-19-38(66)50(78)63(13)42(28(3)4)52(80)81)61-45(73)30(6)57-48(76)37-18-15-23-65(37)39(68)26-55-43(71)29(5)20-21-35-17-14-22-64(35)49(77)33(9)58-44(72)31(7)59-53(82)54(11,12)62-46(74)32(8)56-47(75)36(25-40(69)70)60-34(10)67/h27-33,35-38,41-42H,14-26H2,1-13H3,(H,55,71)(H,56,75)(H,57,76)(H,58,72)(H,59,82)(H,60,67)(H,61,73)(H,62,74)(H,69,70)(H,80,81)/t29-,30+,31-,32+,33+,35+,36+,37-,38+,41+,42+/m1/s1. The number of nitrogens with zero attached hydrogens (tertiary/aromatic N) is 4. The molecule has 0 spiro atoms. The van der Waals surface area contributed by atoms with Crippen LogP contribution in [0.1, 0.15) is 141 Å². The quantitative estimate of drug-likeness (QED) is 0.0409. The largest absolute Gasteiger partial charge is 0.481 e. The zero-order valence-corrected chi connectivity index (χ0v) is 49.6. The first-order chi connectivity index (χ1) is 38.1. The predicted octanol–water partition coefficient (Wildman–Crippen LogP) is -1.91. The fraction of sp³-hybridized carbons (Fsp3) is 0.741. The molecule has 28 nitrogen and oxygen atoms in total. The van der Waals surface area contributed by atoms with E-state index < -0.39 is 168 Å². The number of aliphatic carboxylic acids is 2. The molecule has 28 heteroatoms. The molecule has 3 fully saturated rings. The fourth-order valence-electron chi connectivity index (χ4n) is 10.3. The highest BCUT2D eigenvalue weighted by Crippen LogP contribution is 2.26. The molecule has 0 aromatic carbocycles. The number of amides is 12. The molecule has 460 valence electrons. The molecule has 0 aliphatic carbocycles. The molecule has 3 aliphatic heterocycles. The summed E-state index contributed by atoms with van der Waals surface area (Å²) in [4.78, 5) is 187. The first-order valence-corrected chi connectivity index (χ1v) is 28.1. The van der Waals surface area contributed by atoms with E-state index in [1.165, 1.54) is 58.4 Å². The van der Waals surface area contributed by atoms with Gasteiger partial charge in [0.2, 0.25) is 70.9 Å². The Morgan fingerprint density at radius 2 is 1.12 bits per heavy atom. The Labute approximate surface area is 478 Å². The number of carboxylic acid groups (broad SMARTS) is 2. The van der Waals surface area contributed by atoms with Crippen LogP contribution in [-0.4, -0.2) is 212 Å². The minimum absolute atomic E-state index is 0.228. The molecule has 0 aromatic heterocycles. The molecule has 0 bridgehead atoms. The van der Waals surface area contributed by atoms with Crippen molar-refractivity contribution < 1.29 is 77.3 Å². The molecule has 11 atom stereocenters. The summed E-state index contributed by atoms with van der Waals surface area (Å²) < 4.78 is 0. The molecule has 10 N–H and O–H groups in total. The van der Waals surface area contributed by atoms with Crippen molar-refractivity contribution in [1.29, 1.82) is 0 Å². The Morgan fingerprint density at radius 3 is 1.70 bits per heavy atom. The second kappa shape index (κ2) is 30.6. The highest BCUT2D eigenvalue weighted by atomic mass is 16.4. The van der Waals surface area contributed by atoms with Crippen LogP contribution in [0.2, 0.25) is 0 Å². The summed E-state index contributed by atoms with van der Waals surface area (Å²) in [5.41, 5.74) is -1.63. The molecular formula is C54H88N12O16. The lowest BCUT2D eigenvalue weighted by molar-refractivity contribution is -0.154. The van der Waals surface area contributed by atoms with Crippen LogP contribution < -0.4 is 42.5 Å². The minimum atomic E-state index is -1.63. The number of hydrogen-bond acceptors (Lipinski definition) is 14. The van der Waals surface area contributed by atoms with E-state index in [2.05, 4.69) is 42.5 Å². The molecule has 0 saturated carbocycles. The van der Waals surface area contributed by atoms with Crippen LogP contribution >= 0.6 is 0 Å². The van der Waals surface area contributed by atoms with Gasteiger partial charge in [-0.3, -0.25) is 62.3 Å². The molecule has 0 radical (unpaired) electrons. The maximum Gasteiger partial charge on any atom is 0.326 e. The van der Waals surface area contributed by atoms with Gasteiger partial charge in [-0.15, -0.1) is 0 Å². The van der Waals surface area contributed by atoms with E-state index in [1.54, 1.807) is 39.5 Å². The van der Waals surface area contributed by atoms with Gasteiger partial charge in [-0.1, -0.05) is 34.6 Å². The van der Waals surface area contributed by atoms with Gasteiger partial charge in [-0.25, -0.2) is 4.79 Å². The van der Waals surface area contributed by atoms with E-state index in [0.717, 1.165) is 11.8 Å². The number of carbonyl (C=O) groups excluding carboxylic acids is 12. The lowest BCUT2D eigenvalue weighted by Crippen LogP contribution is -2.62. The molecule has 0 aromatic rings. The van der Waals surface area contributed by atoms with E-state index in [1.807, 2.05) is 0 Å². The van der Waals surface area contributed by atoms with Crippen molar-refractivity contribution in [1.82, 2.24) is 62.1 Å². The summed E-state index contributed by atoms with van der Waals surface area (Å²) in [7, 11) is 1.40. The number of likely N-dealkylation sites (N-methyl/N-ethyl adjacent to an activating group) is 1. The molecule has 0 unspecified atom stereocenters. The highest BCUT2D eigenvalue weighted by molar-refractivity contribution is 5.99. The second-order valence-electron chi connectivity index (χ2n) is 23.0. The van der Waals surface area contributed by atoms with Crippen molar-refractivity contribution in [3.63, 3.8) is 0 Å². The molecule has 12 amide bonds. The molecule has 82 heavy (non-hydrogen) atoms. The lowest BCUT2D eigenvalue weighted by atomic mass is 9.99. The number of carboxylic acids is 2. The van der Waals surface area contributed by atoms with Crippen molar-refractivity contribution in [2.24, 2.45) is 17.8 Å². The average Bonchev–Trinajstić information content (AvgIpc) is 4.25. The summed E-state index contributed by atoms with van der Waals surface area (Å²) in [6, 6.07) is -10.4. The van der Waals surface area contributed by atoms with E-state index in [-0.39, 0.29) is 25.0 Å². The summed E-state index contributed by atoms with van der Waals surface area (Å²) in [6.07, 6.45) is 2.94. The van der Waals surface area contributed by atoms with Crippen molar-refractivity contribution >= 4 is 82.8 Å². The number of nitrogens with one attached hydrogen (secondary N) is 8. The maximum atomic E-state index is 13.9. The third-order valence-electron chi connectivity index (χ3n) is 15.1. The summed E-state index contributed by atoms with van der Waals surface area (Å²) in [5.74, 6) is -11.5. The zero-order chi connectivity index (χ0) is 62.2. The van der Waals surface area contributed by atoms with Crippen LogP contribution in [0.25, 0.3) is 0 Å². The monoisotopic (exact) mass is 1160 g/mol. The Morgan fingerprint density at radius 1 is 0.585 bits per heavy atom. The highest BCUT2D eigenvalue weighted by Gasteiger charge is 2.44. The van der Waals surface area contributed by atoms with Crippen molar-refractivity contribution in [2.75, 3.05) is 33.2 Å². The van der Waals surface area contributed by atoms with Crippen LogP contribution in [0.15, 0.2) is 0 Å². The van der Waals surface area contributed by atoms with Gasteiger partial charge in [0.25, 0.3) is 0 Å². The van der Waals surface area contributed by atoms with E-state index in [0.29, 0.717) is 57.9 Å². The van der Waals surface area contributed by atoms with Gasteiger partial charge < -0.3 is 72.3 Å². The second-order valence-corrected chi connectivity index (χ2v) is 23.0. The van der Waals surface area contributed by atoms with Crippen molar-refractivity contribution in [3.05, 3.63) is 0 Å². The van der Waals surface area contributed by atoms with Crippen LogP contribution in [0.5, 0.6) is 0 Å². The summed E-state index contributed by atoms with van der Waals surface area (Å²) in [5, 5.41) is 39.0. The summed E-state index contributed by atoms with van der Waals surface area (Å²) >= 11 is 0. The Bertz CT molecular complexity index is 2400. The lowest BCUT2D eigenvalue weighted by Gasteiger charge is -2.35. The minimum Gasteiger partial charge on any atom is -0.481 e. The zero-order valence-electron chi connectivity index (χ0n) is 49.6. The Kier molecular flexibility index (Phi) is 25.7. The van der Waals surface area contributed by atoms with E-state index in [9.17, 15) is 72.2 Å². The molecular weight excluding hydrogens is 1070 g/mol. The van der Waals surface area contributed by atoms with Gasteiger partial charge in [-0.2, -0.15) is 0 Å². The van der Waals surface area contributed by atoms with Crippen LogP contribution in [0.3, 0.4) is 0 Å². The fourth-order valence-corrected chi connectivity index (χ4v) is 10.3.